The van der Waals surface area contributed by atoms with Gasteiger partial charge in [0.1, 0.15) is 18.2 Å². The molecule has 0 heterocycles. The lowest BCUT2D eigenvalue weighted by Crippen LogP contribution is -2.50. The van der Waals surface area contributed by atoms with Gasteiger partial charge in [0.2, 0.25) is 11.8 Å². The highest BCUT2D eigenvalue weighted by molar-refractivity contribution is 5.91. The normalized spacial score (nSPS) is 15.0. The van der Waals surface area contributed by atoms with Gasteiger partial charge in [0, 0.05) is 18.2 Å². The molecular weight excluding hydrogens is 418 g/mol. The SMILES string of the molecule is C#Cc1ccccc1C(C(=O)NC1CCCCC1)N(CC=C)C(=O)CNC(=O)OC(C)(C)C. The Balaban J connectivity index is 2.31. The first-order valence-electron chi connectivity index (χ1n) is 11.4. The van der Waals surface area contributed by atoms with Crippen molar-refractivity contribution in [2.24, 2.45) is 0 Å². The monoisotopic (exact) mass is 453 g/mol. The second-order valence-electron chi connectivity index (χ2n) is 9.17. The van der Waals surface area contributed by atoms with Crippen LogP contribution in [0.5, 0.6) is 0 Å². The van der Waals surface area contributed by atoms with Gasteiger partial charge in [0.05, 0.1) is 0 Å². The predicted molar refractivity (Wildman–Crippen MR) is 128 cm³/mol. The van der Waals surface area contributed by atoms with E-state index in [0.29, 0.717) is 11.1 Å². The predicted octanol–water partition coefficient (Wildman–Crippen LogP) is 3.70. The molecule has 2 N–H and O–H groups in total. The second-order valence-corrected chi connectivity index (χ2v) is 9.17. The van der Waals surface area contributed by atoms with E-state index in [4.69, 9.17) is 11.2 Å². The molecule has 1 atom stereocenters. The Morgan fingerprint density at radius 3 is 2.52 bits per heavy atom. The third-order valence-electron chi connectivity index (χ3n) is 5.35. The third kappa shape index (κ3) is 7.98. The van der Waals surface area contributed by atoms with Crippen LogP contribution in [0.3, 0.4) is 0 Å². The molecule has 0 radical (unpaired) electrons. The number of ether oxygens (including phenoxy) is 1. The molecule has 0 aliphatic heterocycles. The molecule has 0 bridgehead atoms. The maximum atomic E-state index is 13.5. The first-order valence-corrected chi connectivity index (χ1v) is 11.4. The van der Waals surface area contributed by atoms with Crippen molar-refractivity contribution in [2.45, 2.75) is 70.6 Å². The smallest absolute Gasteiger partial charge is 0.408 e. The Morgan fingerprint density at radius 2 is 1.91 bits per heavy atom. The molecule has 33 heavy (non-hydrogen) atoms. The van der Waals surface area contributed by atoms with Gasteiger partial charge < -0.3 is 20.3 Å². The lowest BCUT2D eigenvalue weighted by atomic mass is 9.93. The fourth-order valence-electron chi connectivity index (χ4n) is 3.90. The Morgan fingerprint density at radius 1 is 1.24 bits per heavy atom. The van der Waals surface area contributed by atoms with Gasteiger partial charge in [-0.3, -0.25) is 9.59 Å². The van der Waals surface area contributed by atoms with Crippen LogP contribution >= 0.6 is 0 Å². The van der Waals surface area contributed by atoms with Crippen LogP contribution < -0.4 is 10.6 Å². The van der Waals surface area contributed by atoms with Crippen molar-refractivity contribution in [3.05, 3.63) is 48.0 Å². The van der Waals surface area contributed by atoms with Gasteiger partial charge >= 0.3 is 6.09 Å². The summed E-state index contributed by atoms with van der Waals surface area (Å²) in [5.74, 6) is 1.87. The highest BCUT2D eigenvalue weighted by Gasteiger charge is 2.33. The summed E-state index contributed by atoms with van der Waals surface area (Å²) in [6, 6.07) is 6.18. The van der Waals surface area contributed by atoms with Gasteiger partial charge in [-0.1, -0.05) is 49.5 Å². The van der Waals surface area contributed by atoms with Crippen LogP contribution in [-0.4, -0.2) is 47.5 Å². The highest BCUT2D eigenvalue weighted by atomic mass is 16.6. The van der Waals surface area contributed by atoms with Crippen LogP contribution in [-0.2, 0) is 14.3 Å². The molecule has 0 spiro atoms. The Labute approximate surface area is 196 Å². The lowest BCUT2D eigenvalue weighted by Gasteiger charge is -2.33. The number of hydrogen-bond acceptors (Lipinski definition) is 4. The number of rotatable bonds is 8. The summed E-state index contributed by atoms with van der Waals surface area (Å²) in [5.41, 5.74) is 0.395. The fourth-order valence-corrected chi connectivity index (χ4v) is 3.90. The standard InChI is InChI=1S/C26H35N3O4/c1-6-17-29(22(30)18-27-25(32)33-26(3,4)5)23(21-16-12-11-13-19(21)7-2)24(31)28-20-14-9-8-10-15-20/h2,6,11-13,16,20,23H,1,8-10,14-15,17-18H2,3-5H3,(H,27,32)(H,28,31). The van der Waals surface area contributed by atoms with Crippen molar-refractivity contribution in [1.29, 1.82) is 0 Å². The molecule has 3 amide bonds. The second kappa shape index (κ2) is 12.1. The zero-order valence-electron chi connectivity index (χ0n) is 19.9. The van der Waals surface area contributed by atoms with Gasteiger partial charge in [0.15, 0.2) is 0 Å². The number of nitrogens with one attached hydrogen (secondary N) is 2. The largest absolute Gasteiger partial charge is 0.444 e. The third-order valence-corrected chi connectivity index (χ3v) is 5.35. The summed E-state index contributed by atoms with van der Waals surface area (Å²) < 4.78 is 5.21. The van der Waals surface area contributed by atoms with E-state index in [1.807, 2.05) is 0 Å². The molecule has 1 unspecified atom stereocenters. The summed E-state index contributed by atoms with van der Waals surface area (Å²) in [5, 5.41) is 5.59. The van der Waals surface area contributed by atoms with Crippen molar-refractivity contribution in [3.63, 3.8) is 0 Å². The Bertz CT molecular complexity index is 892. The molecule has 1 aliphatic rings. The molecule has 0 aromatic heterocycles. The number of nitrogens with zero attached hydrogens (tertiary/aromatic N) is 1. The van der Waals surface area contributed by atoms with E-state index in [1.54, 1.807) is 51.1 Å². The molecule has 0 saturated heterocycles. The number of carbonyl (C=O) groups is 3. The average molecular weight is 454 g/mol. The maximum absolute atomic E-state index is 13.5. The van der Waals surface area contributed by atoms with E-state index in [-0.39, 0.29) is 25.0 Å². The van der Waals surface area contributed by atoms with Gasteiger partial charge in [0.25, 0.3) is 0 Å². The van der Waals surface area contributed by atoms with E-state index < -0.39 is 23.6 Å². The van der Waals surface area contributed by atoms with Gasteiger partial charge in [-0.2, -0.15) is 0 Å². The van der Waals surface area contributed by atoms with Gasteiger partial charge in [-0.05, 0) is 45.2 Å². The molecule has 7 heteroatoms. The average Bonchev–Trinajstić information content (AvgIpc) is 2.77. The Kier molecular flexibility index (Phi) is 9.53. The summed E-state index contributed by atoms with van der Waals surface area (Å²) in [6.45, 7) is 8.74. The molecule has 7 nitrogen and oxygen atoms in total. The van der Waals surface area contributed by atoms with Crippen LogP contribution in [0.25, 0.3) is 0 Å². The topological polar surface area (TPSA) is 87.7 Å². The summed E-state index contributed by atoms with van der Waals surface area (Å²) >= 11 is 0. The van der Waals surface area contributed by atoms with E-state index in [1.165, 1.54) is 4.90 Å². The van der Waals surface area contributed by atoms with Crippen LogP contribution in [0.4, 0.5) is 4.79 Å². The van der Waals surface area contributed by atoms with Crippen LogP contribution in [0.2, 0.25) is 0 Å². The molecule has 1 saturated carbocycles. The van der Waals surface area contributed by atoms with Crippen molar-refractivity contribution in [1.82, 2.24) is 15.5 Å². The fraction of sp³-hybridized carbons (Fsp3) is 0.500. The first-order chi connectivity index (χ1) is 15.7. The van der Waals surface area contributed by atoms with Crippen molar-refractivity contribution < 1.29 is 19.1 Å². The number of hydrogen-bond donors (Lipinski definition) is 2. The summed E-state index contributed by atoms with van der Waals surface area (Å²) in [6.07, 6.45) is 11.6. The zero-order valence-corrected chi connectivity index (χ0v) is 19.9. The Hall–Kier alpha value is -3.27. The van der Waals surface area contributed by atoms with Crippen molar-refractivity contribution in [2.75, 3.05) is 13.1 Å². The van der Waals surface area contributed by atoms with Crippen LogP contribution in [0, 0.1) is 12.3 Å². The van der Waals surface area contributed by atoms with Crippen molar-refractivity contribution >= 4 is 17.9 Å². The zero-order chi connectivity index (χ0) is 24.4. The highest BCUT2D eigenvalue weighted by Crippen LogP contribution is 2.26. The molecule has 2 rings (SSSR count). The number of alkyl carbamates (subject to hydrolysis) is 1. The number of benzene rings is 1. The van der Waals surface area contributed by atoms with E-state index in [9.17, 15) is 14.4 Å². The molecule has 1 aliphatic carbocycles. The molecule has 1 aromatic rings. The maximum Gasteiger partial charge on any atom is 0.408 e. The van der Waals surface area contributed by atoms with E-state index >= 15 is 0 Å². The molecule has 1 aromatic carbocycles. The van der Waals surface area contributed by atoms with Gasteiger partial charge in [-0.15, -0.1) is 13.0 Å². The lowest BCUT2D eigenvalue weighted by molar-refractivity contribution is -0.140. The number of amides is 3. The minimum atomic E-state index is -0.954. The first kappa shape index (κ1) is 26.0. The quantitative estimate of drug-likeness (QED) is 0.464. The van der Waals surface area contributed by atoms with Crippen LogP contribution in [0.15, 0.2) is 36.9 Å². The minimum Gasteiger partial charge on any atom is -0.444 e. The molecule has 1 fully saturated rings. The minimum absolute atomic E-state index is 0.0623. The van der Waals surface area contributed by atoms with E-state index in [2.05, 4.69) is 23.1 Å². The summed E-state index contributed by atoms with van der Waals surface area (Å²) in [7, 11) is 0. The van der Waals surface area contributed by atoms with Gasteiger partial charge in [-0.25, -0.2) is 4.79 Å². The van der Waals surface area contributed by atoms with Crippen LogP contribution in [0.1, 0.15) is 70.0 Å². The number of terminal acetylenes is 1. The molecule has 178 valence electrons. The van der Waals surface area contributed by atoms with E-state index in [0.717, 1.165) is 32.1 Å². The number of carbonyl (C=O) groups excluding carboxylic acids is 3. The van der Waals surface area contributed by atoms with Crippen molar-refractivity contribution in [3.8, 4) is 12.3 Å². The summed E-state index contributed by atoms with van der Waals surface area (Å²) in [4.78, 5) is 40.1. The molecular formula is C26H35N3O4.